The van der Waals surface area contributed by atoms with E-state index in [9.17, 15) is 26.1 Å². The number of alkyl halides is 3. The van der Waals surface area contributed by atoms with Crippen LogP contribution in [0.3, 0.4) is 0 Å². The molecule has 0 bridgehead atoms. The lowest BCUT2D eigenvalue weighted by Crippen LogP contribution is -2.39. The third-order valence-electron chi connectivity index (χ3n) is 1.58. The molecule has 1 rings (SSSR count). The predicted octanol–water partition coefficient (Wildman–Crippen LogP) is 1.40. The van der Waals surface area contributed by atoms with Gasteiger partial charge in [-0.05, 0) is 12.2 Å². The van der Waals surface area contributed by atoms with Crippen molar-refractivity contribution in [1.82, 2.24) is 5.12 Å². The maximum absolute atomic E-state index is 13.0. The molecule has 1 N–H and O–H groups in total. The van der Waals surface area contributed by atoms with Crippen molar-refractivity contribution in [3.8, 4) is 0 Å². The number of hydrogen-bond acceptors (Lipinski definition) is 3. The third kappa shape index (κ3) is 2.48. The summed E-state index contributed by atoms with van der Waals surface area (Å²) in [7, 11) is -4.94. The Labute approximate surface area is 82.2 Å². The van der Waals surface area contributed by atoms with Crippen LogP contribution in [0.2, 0.25) is 0 Å². The molecule has 0 saturated carbocycles. The smallest absolute Gasteiger partial charge is 0.284 e. The Morgan fingerprint density at radius 1 is 1.40 bits per heavy atom. The van der Waals surface area contributed by atoms with Crippen LogP contribution < -0.4 is 0 Å². The van der Waals surface area contributed by atoms with Gasteiger partial charge in [-0.2, -0.15) is 26.7 Å². The van der Waals surface area contributed by atoms with Gasteiger partial charge >= 0.3 is 6.18 Å². The summed E-state index contributed by atoms with van der Waals surface area (Å²) < 4.78 is 78.7. The first-order chi connectivity index (χ1) is 6.64. The Bertz CT molecular complexity index is 411. The summed E-state index contributed by atoms with van der Waals surface area (Å²) in [6, 6.07) is 0. The Morgan fingerprint density at radius 3 is 2.33 bits per heavy atom. The lowest BCUT2D eigenvalue weighted by Gasteiger charge is -2.25. The van der Waals surface area contributed by atoms with Crippen LogP contribution in [-0.2, 0) is 10.1 Å². The fourth-order valence-corrected chi connectivity index (χ4v) is 1.59. The molecule has 1 heterocycles. The molecular formula is C6H5F4NO3S. The van der Waals surface area contributed by atoms with Crippen LogP contribution in [-0.4, -0.2) is 29.6 Å². The highest BCUT2D eigenvalue weighted by atomic mass is 32.2. The molecule has 1 aliphatic heterocycles. The van der Waals surface area contributed by atoms with Crippen molar-refractivity contribution in [2.75, 3.05) is 0 Å². The topological polar surface area (TPSA) is 57.6 Å². The molecule has 15 heavy (non-hydrogen) atoms. The number of hydrogen-bond donors (Lipinski definition) is 1. The molecule has 0 aliphatic carbocycles. The van der Waals surface area contributed by atoms with Gasteiger partial charge in [0.15, 0.2) is 5.70 Å². The number of rotatable bonds is 1. The van der Waals surface area contributed by atoms with E-state index in [0.717, 1.165) is 0 Å². The van der Waals surface area contributed by atoms with Crippen LogP contribution >= 0.6 is 0 Å². The second kappa shape index (κ2) is 3.49. The average Bonchev–Trinajstić information content (AvgIpc) is 1.99. The Kier molecular flexibility index (Phi) is 2.79. The van der Waals surface area contributed by atoms with E-state index in [1.54, 1.807) is 0 Å². The van der Waals surface area contributed by atoms with Crippen molar-refractivity contribution < 1.29 is 30.6 Å². The largest absolute Gasteiger partial charge is 0.433 e. The minimum atomic E-state index is -5.03. The summed E-state index contributed by atoms with van der Waals surface area (Å²) in [5.74, 6) is 0. The maximum Gasteiger partial charge on any atom is 0.433 e. The Morgan fingerprint density at radius 2 is 1.93 bits per heavy atom. The van der Waals surface area contributed by atoms with Gasteiger partial charge in [0.2, 0.25) is 5.37 Å². The summed E-state index contributed by atoms with van der Waals surface area (Å²) >= 11 is 0. The van der Waals surface area contributed by atoms with Crippen LogP contribution in [0.25, 0.3) is 0 Å². The Hall–Kier alpha value is -1.09. The fraction of sp³-hybridized carbons (Fsp3) is 0.333. The molecule has 0 aromatic heterocycles. The highest BCUT2D eigenvalue weighted by Crippen LogP contribution is 2.33. The van der Waals surface area contributed by atoms with Crippen LogP contribution in [0.5, 0.6) is 0 Å². The molecule has 4 nitrogen and oxygen atoms in total. The normalized spacial score (nSPS) is 22.9. The summed E-state index contributed by atoms with van der Waals surface area (Å²) in [6.45, 7) is 0. The van der Waals surface area contributed by atoms with Gasteiger partial charge in [0.25, 0.3) is 10.1 Å². The van der Waals surface area contributed by atoms with Crippen LogP contribution in [0.1, 0.15) is 0 Å². The van der Waals surface area contributed by atoms with Gasteiger partial charge in [0, 0.05) is 0 Å². The minimum Gasteiger partial charge on any atom is -0.284 e. The molecule has 0 aromatic carbocycles. The monoisotopic (exact) mass is 247 g/mol. The molecule has 0 aromatic rings. The second-order valence-corrected chi connectivity index (χ2v) is 4.16. The molecule has 0 radical (unpaired) electrons. The zero-order valence-corrected chi connectivity index (χ0v) is 7.76. The summed E-state index contributed by atoms with van der Waals surface area (Å²) in [6.07, 6.45) is -3.37. The van der Waals surface area contributed by atoms with E-state index in [0.29, 0.717) is 18.2 Å². The SMILES string of the molecule is O=S(=O)(O)C1C=CC=C(C(F)(F)F)N1F. The summed E-state index contributed by atoms with van der Waals surface area (Å²) in [5, 5.41) is -3.41. The molecule has 0 saturated heterocycles. The number of allylic oxidation sites excluding steroid dienone is 3. The molecule has 1 unspecified atom stereocenters. The number of nitrogens with zero attached hydrogens (tertiary/aromatic N) is 1. The molecule has 9 heteroatoms. The first-order valence-electron chi connectivity index (χ1n) is 3.51. The van der Waals surface area contributed by atoms with Gasteiger partial charge in [-0.3, -0.25) is 4.55 Å². The standard InChI is InChI=1S/C6H5F4NO3S/c7-6(8,9)4-2-1-3-5(11(4)10)15(12,13)14/h1-3,5H,(H,12,13,14). The van der Waals surface area contributed by atoms with Crippen molar-refractivity contribution >= 4 is 10.1 Å². The zero-order valence-electron chi connectivity index (χ0n) is 6.94. The van der Waals surface area contributed by atoms with Gasteiger partial charge in [-0.1, -0.05) is 10.6 Å². The number of halogens is 4. The van der Waals surface area contributed by atoms with E-state index >= 15 is 0 Å². The van der Waals surface area contributed by atoms with E-state index in [1.165, 1.54) is 0 Å². The minimum absolute atomic E-state index is 0.363. The molecule has 1 atom stereocenters. The van der Waals surface area contributed by atoms with Crippen molar-refractivity contribution in [3.05, 3.63) is 23.9 Å². The maximum atomic E-state index is 13.0. The molecule has 0 amide bonds. The average molecular weight is 247 g/mol. The van der Waals surface area contributed by atoms with Crippen molar-refractivity contribution in [2.45, 2.75) is 11.6 Å². The first-order valence-corrected chi connectivity index (χ1v) is 5.01. The molecule has 0 fully saturated rings. The summed E-state index contributed by atoms with van der Waals surface area (Å²) in [5.41, 5.74) is -1.78. The molecule has 1 aliphatic rings. The molecule has 0 spiro atoms. The van der Waals surface area contributed by atoms with Gasteiger partial charge in [-0.25, -0.2) is 0 Å². The van der Waals surface area contributed by atoms with E-state index in [-0.39, 0.29) is 0 Å². The van der Waals surface area contributed by atoms with Crippen LogP contribution in [0.15, 0.2) is 23.9 Å². The van der Waals surface area contributed by atoms with Gasteiger partial charge < -0.3 is 0 Å². The van der Waals surface area contributed by atoms with E-state index in [2.05, 4.69) is 0 Å². The van der Waals surface area contributed by atoms with Gasteiger partial charge in [-0.15, -0.1) is 0 Å². The van der Waals surface area contributed by atoms with E-state index in [4.69, 9.17) is 4.55 Å². The van der Waals surface area contributed by atoms with Crippen LogP contribution in [0.4, 0.5) is 17.7 Å². The third-order valence-corrected chi connectivity index (χ3v) is 2.53. The zero-order chi connectivity index (χ0) is 11.9. The second-order valence-electron chi connectivity index (χ2n) is 2.65. The molecule has 86 valence electrons. The van der Waals surface area contributed by atoms with Crippen molar-refractivity contribution in [3.63, 3.8) is 0 Å². The molecular weight excluding hydrogens is 242 g/mol. The van der Waals surface area contributed by atoms with E-state index < -0.39 is 32.5 Å². The lowest BCUT2D eigenvalue weighted by atomic mass is 10.3. The highest BCUT2D eigenvalue weighted by molar-refractivity contribution is 7.86. The van der Waals surface area contributed by atoms with Gasteiger partial charge in [0.05, 0.1) is 0 Å². The Balaban J connectivity index is 3.09. The van der Waals surface area contributed by atoms with E-state index in [1.807, 2.05) is 0 Å². The lowest BCUT2D eigenvalue weighted by molar-refractivity contribution is -0.136. The predicted molar refractivity (Wildman–Crippen MR) is 41.6 cm³/mol. The van der Waals surface area contributed by atoms with Gasteiger partial charge in [0.1, 0.15) is 0 Å². The quantitative estimate of drug-likeness (QED) is 0.432. The van der Waals surface area contributed by atoms with Crippen molar-refractivity contribution in [2.24, 2.45) is 0 Å². The first kappa shape index (κ1) is 12.0. The van der Waals surface area contributed by atoms with Crippen LogP contribution in [0, 0.1) is 0 Å². The van der Waals surface area contributed by atoms with Crippen molar-refractivity contribution in [1.29, 1.82) is 0 Å². The summed E-state index contributed by atoms with van der Waals surface area (Å²) in [4.78, 5) is 0. The fourth-order valence-electron chi connectivity index (χ4n) is 0.957. The highest BCUT2D eigenvalue weighted by Gasteiger charge is 2.44.